The summed E-state index contributed by atoms with van der Waals surface area (Å²) >= 11 is 1.41. The molecule has 4 rings (SSSR count). The Labute approximate surface area is 187 Å². The molecule has 0 radical (unpaired) electrons. The van der Waals surface area contributed by atoms with Gasteiger partial charge in [0.05, 0.1) is 24.6 Å². The van der Waals surface area contributed by atoms with Crippen LogP contribution in [0.25, 0.3) is 0 Å². The van der Waals surface area contributed by atoms with E-state index in [2.05, 4.69) is 15.6 Å². The predicted molar refractivity (Wildman–Crippen MR) is 121 cm³/mol. The highest BCUT2D eigenvalue weighted by molar-refractivity contribution is 7.13. The van der Waals surface area contributed by atoms with Crippen molar-refractivity contribution in [2.24, 2.45) is 0 Å². The number of aromatic nitrogens is 1. The van der Waals surface area contributed by atoms with Crippen LogP contribution < -0.4 is 15.4 Å². The lowest BCUT2D eigenvalue weighted by Crippen LogP contribution is -2.12. The number of nitrogens with one attached hydrogen (secondary N) is 2. The molecule has 0 bridgehead atoms. The summed E-state index contributed by atoms with van der Waals surface area (Å²) in [5.41, 5.74) is 2.27. The molecule has 2 heterocycles. The third-order valence-electron chi connectivity index (χ3n) is 4.35. The number of carbonyl (C=O) groups is 2. The van der Waals surface area contributed by atoms with Crippen molar-refractivity contribution in [2.75, 3.05) is 17.7 Å². The van der Waals surface area contributed by atoms with Crippen LogP contribution in [0.1, 0.15) is 26.6 Å². The summed E-state index contributed by atoms with van der Waals surface area (Å²) < 4.78 is 15.6. The minimum Gasteiger partial charge on any atom is -0.497 e. The molecule has 0 aliphatic heterocycles. The summed E-state index contributed by atoms with van der Waals surface area (Å²) in [6.07, 6.45) is 1.42. The molecule has 0 fully saturated rings. The Morgan fingerprint density at radius 1 is 1.06 bits per heavy atom. The van der Waals surface area contributed by atoms with E-state index in [1.807, 2.05) is 29.6 Å². The Morgan fingerprint density at radius 2 is 1.91 bits per heavy atom. The number of hydrogen-bond donors (Lipinski definition) is 2. The zero-order valence-corrected chi connectivity index (χ0v) is 17.8. The van der Waals surface area contributed by atoms with Crippen molar-refractivity contribution in [3.63, 3.8) is 0 Å². The Kier molecular flexibility index (Phi) is 6.47. The van der Waals surface area contributed by atoms with Crippen LogP contribution in [0, 0.1) is 0 Å². The van der Waals surface area contributed by atoms with E-state index in [1.165, 1.54) is 17.6 Å². The van der Waals surface area contributed by atoms with E-state index in [4.69, 9.17) is 13.9 Å². The number of thiazole rings is 1. The van der Waals surface area contributed by atoms with Crippen LogP contribution in [0.15, 0.2) is 76.7 Å². The van der Waals surface area contributed by atoms with Gasteiger partial charge in [0, 0.05) is 16.8 Å². The monoisotopic (exact) mass is 449 g/mol. The molecular formula is C23H19N3O5S. The molecule has 1 amide bonds. The van der Waals surface area contributed by atoms with Crippen LogP contribution in [0.2, 0.25) is 0 Å². The van der Waals surface area contributed by atoms with Gasteiger partial charge in [-0.1, -0.05) is 6.07 Å². The maximum absolute atomic E-state index is 12.4. The number of amides is 1. The highest BCUT2D eigenvalue weighted by Crippen LogP contribution is 2.23. The normalized spacial score (nSPS) is 10.4. The number of esters is 1. The van der Waals surface area contributed by atoms with Crippen LogP contribution in [-0.4, -0.2) is 24.0 Å². The van der Waals surface area contributed by atoms with E-state index in [0.29, 0.717) is 22.1 Å². The number of furan rings is 1. The van der Waals surface area contributed by atoms with E-state index >= 15 is 0 Å². The van der Waals surface area contributed by atoms with Crippen molar-refractivity contribution in [2.45, 2.75) is 6.61 Å². The van der Waals surface area contributed by atoms with E-state index in [9.17, 15) is 9.59 Å². The summed E-state index contributed by atoms with van der Waals surface area (Å²) in [5.74, 6) is 0.0316. The predicted octanol–water partition coefficient (Wildman–Crippen LogP) is 5.10. The quantitative estimate of drug-likeness (QED) is 0.361. The largest absolute Gasteiger partial charge is 0.497 e. The van der Waals surface area contributed by atoms with Gasteiger partial charge in [0.15, 0.2) is 10.9 Å². The second kappa shape index (κ2) is 9.80. The Bertz CT molecular complexity index is 1200. The maximum Gasteiger partial charge on any atom is 0.338 e. The molecule has 0 unspecified atom stereocenters. The average molecular weight is 449 g/mol. The fraction of sp³-hybridized carbons (Fsp3) is 0.0870. The molecule has 0 saturated carbocycles. The zero-order chi connectivity index (χ0) is 22.3. The first-order chi connectivity index (χ1) is 15.6. The molecule has 0 saturated heterocycles. The highest BCUT2D eigenvalue weighted by atomic mass is 32.1. The van der Waals surface area contributed by atoms with Crippen LogP contribution in [0.4, 0.5) is 16.5 Å². The minimum atomic E-state index is -0.517. The molecule has 2 aromatic heterocycles. The Morgan fingerprint density at radius 3 is 2.66 bits per heavy atom. The molecule has 4 aromatic rings. The van der Waals surface area contributed by atoms with Crippen molar-refractivity contribution in [3.05, 3.63) is 89.3 Å². The van der Waals surface area contributed by atoms with Gasteiger partial charge in [-0.3, -0.25) is 4.79 Å². The Hall–Kier alpha value is -4.11. The highest BCUT2D eigenvalue weighted by Gasteiger charge is 2.13. The van der Waals surface area contributed by atoms with Crippen molar-refractivity contribution >= 4 is 39.7 Å². The van der Waals surface area contributed by atoms with E-state index in [0.717, 1.165) is 11.4 Å². The molecule has 0 spiro atoms. The van der Waals surface area contributed by atoms with Crippen molar-refractivity contribution < 1.29 is 23.5 Å². The van der Waals surface area contributed by atoms with Gasteiger partial charge in [-0.15, -0.1) is 11.3 Å². The zero-order valence-electron chi connectivity index (χ0n) is 17.0. The maximum atomic E-state index is 12.4. The lowest BCUT2D eigenvalue weighted by molar-refractivity contribution is 0.0468. The van der Waals surface area contributed by atoms with Gasteiger partial charge in [-0.25, -0.2) is 9.78 Å². The third-order valence-corrected chi connectivity index (χ3v) is 5.15. The number of ether oxygens (including phenoxy) is 2. The van der Waals surface area contributed by atoms with Crippen LogP contribution in [0.5, 0.6) is 5.75 Å². The van der Waals surface area contributed by atoms with Gasteiger partial charge in [0.1, 0.15) is 12.4 Å². The molecule has 2 aromatic carbocycles. The molecule has 32 heavy (non-hydrogen) atoms. The van der Waals surface area contributed by atoms with Gasteiger partial charge < -0.3 is 24.5 Å². The number of carbonyl (C=O) groups excluding carboxylic acids is 2. The number of methoxy groups -OCH3 is 1. The van der Waals surface area contributed by atoms with Gasteiger partial charge >= 0.3 is 5.97 Å². The molecule has 9 heteroatoms. The summed E-state index contributed by atoms with van der Waals surface area (Å²) in [4.78, 5) is 29.0. The van der Waals surface area contributed by atoms with Gasteiger partial charge in [-0.2, -0.15) is 0 Å². The van der Waals surface area contributed by atoms with Crippen molar-refractivity contribution in [1.29, 1.82) is 0 Å². The van der Waals surface area contributed by atoms with Crippen LogP contribution in [0.3, 0.4) is 0 Å². The minimum absolute atomic E-state index is 0.0304. The lowest BCUT2D eigenvalue weighted by atomic mass is 10.2. The fourth-order valence-electron chi connectivity index (χ4n) is 2.78. The Balaban J connectivity index is 1.32. The fourth-order valence-corrected chi connectivity index (χ4v) is 3.49. The van der Waals surface area contributed by atoms with E-state index in [-0.39, 0.29) is 12.4 Å². The second-order valence-electron chi connectivity index (χ2n) is 6.59. The number of hydrogen-bond acceptors (Lipinski definition) is 8. The summed E-state index contributed by atoms with van der Waals surface area (Å²) in [7, 11) is 1.62. The number of anilines is 3. The molecule has 0 atom stereocenters. The van der Waals surface area contributed by atoms with Crippen molar-refractivity contribution in [1.82, 2.24) is 4.98 Å². The molecule has 8 nitrogen and oxygen atoms in total. The number of benzene rings is 2. The number of rotatable bonds is 8. The smallest absolute Gasteiger partial charge is 0.338 e. The first-order valence-corrected chi connectivity index (χ1v) is 10.5. The third kappa shape index (κ3) is 5.32. The first-order valence-electron chi connectivity index (χ1n) is 9.58. The van der Waals surface area contributed by atoms with Gasteiger partial charge in [0.2, 0.25) is 0 Å². The van der Waals surface area contributed by atoms with E-state index < -0.39 is 11.9 Å². The second-order valence-corrected chi connectivity index (χ2v) is 7.44. The summed E-state index contributed by atoms with van der Waals surface area (Å²) in [5, 5.41) is 8.38. The average Bonchev–Trinajstić information content (AvgIpc) is 3.51. The molecule has 0 aliphatic rings. The topological polar surface area (TPSA) is 103 Å². The van der Waals surface area contributed by atoms with E-state index in [1.54, 1.807) is 43.5 Å². The first kappa shape index (κ1) is 21.1. The van der Waals surface area contributed by atoms with Crippen molar-refractivity contribution in [3.8, 4) is 5.75 Å². The van der Waals surface area contributed by atoms with Crippen LogP contribution in [-0.2, 0) is 11.3 Å². The standard InChI is InChI=1S/C23H19N3O5S/c1-29-19-9-7-16(8-10-19)25-23-26-18(14-32-23)13-31-22(28)15-4-2-5-17(12-15)24-21(27)20-6-3-11-30-20/h2-12,14H,13H2,1H3,(H,24,27)(H,25,26). The summed E-state index contributed by atoms with van der Waals surface area (Å²) in [6, 6.07) is 17.1. The molecular weight excluding hydrogens is 430 g/mol. The molecule has 162 valence electrons. The van der Waals surface area contributed by atoms with Gasteiger partial charge in [0.25, 0.3) is 5.91 Å². The van der Waals surface area contributed by atoms with Crippen LogP contribution >= 0.6 is 11.3 Å². The lowest BCUT2D eigenvalue weighted by Gasteiger charge is -2.07. The van der Waals surface area contributed by atoms with Gasteiger partial charge in [-0.05, 0) is 54.6 Å². The molecule has 2 N–H and O–H groups in total. The SMILES string of the molecule is COc1ccc(Nc2nc(COC(=O)c3cccc(NC(=O)c4ccco4)c3)cs2)cc1. The summed E-state index contributed by atoms with van der Waals surface area (Å²) in [6.45, 7) is 0.0304. The molecule has 0 aliphatic carbocycles. The number of nitrogens with zero attached hydrogens (tertiary/aromatic N) is 1.